The SMILES string of the molecule is CS(=O)(=O)c1ccc2sc(-c3ccc4ccccc4c3)nc2c1. The van der Waals surface area contributed by atoms with Crippen molar-refractivity contribution in [3.8, 4) is 10.6 Å². The van der Waals surface area contributed by atoms with Crippen molar-refractivity contribution in [2.75, 3.05) is 6.26 Å². The molecule has 0 unspecified atom stereocenters. The molecule has 114 valence electrons. The summed E-state index contributed by atoms with van der Waals surface area (Å²) in [4.78, 5) is 4.92. The first kappa shape index (κ1) is 14.4. The van der Waals surface area contributed by atoms with Crippen LogP contribution in [-0.2, 0) is 9.84 Å². The van der Waals surface area contributed by atoms with E-state index in [2.05, 4.69) is 35.3 Å². The van der Waals surface area contributed by atoms with Gasteiger partial charge in [-0.2, -0.15) is 0 Å². The number of nitrogens with zero attached hydrogens (tertiary/aromatic N) is 1. The summed E-state index contributed by atoms with van der Waals surface area (Å²) in [6.45, 7) is 0. The Morgan fingerprint density at radius 1 is 0.913 bits per heavy atom. The predicted octanol–water partition coefficient (Wildman–Crippen LogP) is 4.52. The van der Waals surface area contributed by atoms with Crippen molar-refractivity contribution in [3.63, 3.8) is 0 Å². The van der Waals surface area contributed by atoms with Gasteiger partial charge in [-0.15, -0.1) is 11.3 Å². The highest BCUT2D eigenvalue weighted by Crippen LogP contribution is 2.32. The lowest BCUT2D eigenvalue weighted by Gasteiger charge is -2.00. The van der Waals surface area contributed by atoms with Gasteiger partial charge in [0, 0.05) is 11.8 Å². The monoisotopic (exact) mass is 339 g/mol. The average molecular weight is 339 g/mol. The van der Waals surface area contributed by atoms with Crippen molar-refractivity contribution in [3.05, 3.63) is 60.7 Å². The molecule has 0 saturated heterocycles. The highest BCUT2D eigenvalue weighted by Gasteiger charge is 2.11. The van der Waals surface area contributed by atoms with E-state index in [1.807, 2.05) is 18.2 Å². The van der Waals surface area contributed by atoms with Gasteiger partial charge in [0.25, 0.3) is 0 Å². The van der Waals surface area contributed by atoms with Crippen molar-refractivity contribution in [1.29, 1.82) is 0 Å². The summed E-state index contributed by atoms with van der Waals surface area (Å²) in [5, 5.41) is 3.26. The van der Waals surface area contributed by atoms with E-state index >= 15 is 0 Å². The van der Waals surface area contributed by atoms with E-state index in [1.165, 1.54) is 17.0 Å². The fourth-order valence-corrected chi connectivity index (χ4v) is 4.17. The van der Waals surface area contributed by atoms with Crippen LogP contribution in [0.15, 0.2) is 65.6 Å². The van der Waals surface area contributed by atoms with Gasteiger partial charge in [-0.05, 0) is 35.0 Å². The molecule has 0 aliphatic carbocycles. The van der Waals surface area contributed by atoms with Gasteiger partial charge in [0.05, 0.1) is 15.1 Å². The maximum atomic E-state index is 11.7. The zero-order valence-corrected chi connectivity index (χ0v) is 14.0. The lowest BCUT2D eigenvalue weighted by atomic mass is 10.1. The van der Waals surface area contributed by atoms with E-state index in [1.54, 1.807) is 23.5 Å². The minimum Gasteiger partial charge on any atom is -0.236 e. The predicted molar refractivity (Wildman–Crippen MR) is 95.7 cm³/mol. The number of thiazole rings is 1. The molecule has 0 fully saturated rings. The molecule has 1 heterocycles. The van der Waals surface area contributed by atoms with Gasteiger partial charge in [-0.1, -0.05) is 36.4 Å². The minimum atomic E-state index is -3.21. The van der Waals surface area contributed by atoms with E-state index in [4.69, 9.17) is 0 Å². The third-order valence-electron chi connectivity index (χ3n) is 3.78. The number of rotatable bonds is 2. The number of aromatic nitrogens is 1. The van der Waals surface area contributed by atoms with E-state index < -0.39 is 9.84 Å². The molecule has 1 aromatic heterocycles. The van der Waals surface area contributed by atoms with Crippen molar-refractivity contribution in [1.82, 2.24) is 4.98 Å². The van der Waals surface area contributed by atoms with Crippen LogP contribution in [0.1, 0.15) is 0 Å². The zero-order valence-electron chi connectivity index (χ0n) is 12.4. The molecular weight excluding hydrogens is 326 g/mol. The minimum absolute atomic E-state index is 0.306. The standard InChI is InChI=1S/C18H13NO2S2/c1-23(20,21)15-8-9-17-16(11-15)19-18(22-17)14-7-6-12-4-2-3-5-13(12)10-14/h2-11H,1H3. The maximum Gasteiger partial charge on any atom is 0.175 e. The van der Waals surface area contributed by atoms with Crippen LogP contribution in [0.3, 0.4) is 0 Å². The maximum absolute atomic E-state index is 11.7. The molecule has 23 heavy (non-hydrogen) atoms. The normalized spacial score (nSPS) is 12.0. The third-order valence-corrected chi connectivity index (χ3v) is 5.98. The van der Waals surface area contributed by atoms with Crippen molar-refractivity contribution >= 4 is 42.2 Å². The highest BCUT2D eigenvalue weighted by atomic mass is 32.2. The summed E-state index contributed by atoms with van der Waals surface area (Å²) in [7, 11) is -3.21. The van der Waals surface area contributed by atoms with Crippen LogP contribution in [0.4, 0.5) is 0 Å². The first-order valence-electron chi connectivity index (χ1n) is 7.10. The average Bonchev–Trinajstić information content (AvgIpc) is 2.96. The second-order valence-electron chi connectivity index (χ2n) is 5.48. The lowest BCUT2D eigenvalue weighted by Crippen LogP contribution is -1.95. The molecule has 4 rings (SSSR count). The van der Waals surface area contributed by atoms with Crippen LogP contribution in [0.2, 0.25) is 0 Å². The van der Waals surface area contributed by atoms with Crippen molar-refractivity contribution in [2.24, 2.45) is 0 Å². The first-order chi connectivity index (χ1) is 11.0. The van der Waals surface area contributed by atoms with E-state index in [0.717, 1.165) is 20.8 Å². The van der Waals surface area contributed by atoms with E-state index in [9.17, 15) is 8.42 Å². The molecule has 0 radical (unpaired) electrons. The molecule has 0 amide bonds. The number of benzene rings is 3. The quantitative estimate of drug-likeness (QED) is 0.539. The zero-order chi connectivity index (χ0) is 16.0. The summed E-state index contributed by atoms with van der Waals surface area (Å²) in [6, 6.07) is 19.6. The van der Waals surface area contributed by atoms with Crippen LogP contribution in [0.25, 0.3) is 31.6 Å². The van der Waals surface area contributed by atoms with Crippen LogP contribution in [-0.4, -0.2) is 19.7 Å². The number of sulfone groups is 1. The highest BCUT2D eigenvalue weighted by molar-refractivity contribution is 7.90. The van der Waals surface area contributed by atoms with Gasteiger partial charge in [-0.3, -0.25) is 0 Å². The molecule has 0 aliphatic heterocycles. The van der Waals surface area contributed by atoms with Gasteiger partial charge in [0.2, 0.25) is 0 Å². The molecular formula is C18H13NO2S2. The molecule has 0 bridgehead atoms. The summed E-state index contributed by atoms with van der Waals surface area (Å²) in [6.07, 6.45) is 1.21. The molecule has 3 nitrogen and oxygen atoms in total. The largest absolute Gasteiger partial charge is 0.236 e. The van der Waals surface area contributed by atoms with Crippen LogP contribution in [0, 0.1) is 0 Å². The van der Waals surface area contributed by atoms with E-state index in [-0.39, 0.29) is 0 Å². The fraction of sp³-hybridized carbons (Fsp3) is 0.0556. The summed E-state index contributed by atoms with van der Waals surface area (Å²) in [5.41, 5.74) is 1.77. The van der Waals surface area contributed by atoms with Gasteiger partial charge in [-0.25, -0.2) is 13.4 Å². The fourth-order valence-electron chi connectivity index (χ4n) is 2.58. The summed E-state index contributed by atoms with van der Waals surface area (Å²) >= 11 is 1.57. The summed E-state index contributed by atoms with van der Waals surface area (Å²) in [5.74, 6) is 0. The molecule has 0 aliphatic rings. The molecule has 0 N–H and O–H groups in total. The van der Waals surface area contributed by atoms with Crippen LogP contribution in [0.5, 0.6) is 0 Å². The Balaban J connectivity index is 1.87. The lowest BCUT2D eigenvalue weighted by molar-refractivity contribution is 0.602. The van der Waals surface area contributed by atoms with Gasteiger partial charge in [0.15, 0.2) is 9.84 Å². The Labute approximate surface area is 138 Å². The number of hydrogen-bond acceptors (Lipinski definition) is 4. The Morgan fingerprint density at radius 3 is 2.48 bits per heavy atom. The smallest absolute Gasteiger partial charge is 0.175 e. The molecule has 0 spiro atoms. The van der Waals surface area contributed by atoms with Crippen LogP contribution < -0.4 is 0 Å². The van der Waals surface area contributed by atoms with Gasteiger partial charge >= 0.3 is 0 Å². The van der Waals surface area contributed by atoms with Crippen molar-refractivity contribution in [2.45, 2.75) is 4.90 Å². The second kappa shape index (κ2) is 5.15. The Morgan fingerprint density at radius 2 is 1.70 bits per heavy atom. The Kier molecular flexibility index (Phi) is 3.21. The molecule has 3 aromatic carbocycles. The summed E-state index contributed by atoms with van der Waals surface area (Å²) < 4.78 is 24.3. The Bertz CT molecular complexity index is 1140. The molecule has 0 saturated carbocycles. The number of fused-ring (bicyclic) bond motifs is 2. The van der Waals surface area contributed by atoms with Gasteiger partial charge in [0.1, 0.15) is 5.01 Å². The molecule has 0 atom stereocenters. The second-order valence-corrected chi connectivity index (χ2v) is 8.53. The van der Waals surface area contributed by atoms with Crippen LogP contribution >= 0.6 is 11.3 Å². The molecule has 5 heteroatoms. The topological polar surface area (TPSA) is 47.0 Å². The third kappa shape index (κ3) is 2.62. The number of hydrogen-bond donors (Lipinski definition) is 0. The van der Waals surface area contributed by atoms with Gasteiger partial charge < -0.3 is 0 Å². The van der Waals surface area contributed by atoms with Crippen molar-refractivity contribution < 1.29 is 8.42 Å². The van der Waals surface area contributed by atoms with E-state index in [0.29, 0.717) is 4.90 Å². The first-order valence-corrected chi connectivity index (χ1v) is 9.81. The Hall–Kier alpha value is -2.24. The molecule has 4 aromatic rings.